The molecule has 0 radical (unpaired) electrons. The number of hydrogen-bond donors (Lipinski definition) is 2. The Morgan fingerprint density at radius 1 is 0.583 bits per heavy atom. The summed E-state index contributed by atoms with van der Waals surface area (Å²) in [4.78, 5) is 27.8. The highest BCUT2D eigenvalue weighted by Crippen LogP contribution is 2.65. The van der Waals surface area contributed by atoms with E-state index in [2.05, 4.69) is 52.2 Å². The van der Waals surface area contributed by atoms with Gasteiger partial charge in [0.1, 0.15) is 0 Å². The van der Waals surface area contributed by atoms with Crippen molar-refractivity contribution < 1.29 is 9.59 Å². The van der Waals surface area contributed by atoms with E-state index in [4.69, 9.17) is 0 Å². The smallest absolute Gasteiger partial charge is 0.226 e. The molecular formula is C32H54N2O2. The van der Waals surface area contributed by atoms with E-state index < -0.39 is 0 Å². The first-order chi connectivity index (χ1) is 16.8. The Morgan fingerprint density at radius 2 is 0.917 bits per heavy atom. The monoisotopic (exact) mass is 498 g/mol. The number of nitrogens with one attached hydrogen (secondary N) is 2. The maximum atomic E-state index is 13.9. The predicted molar refractivity (Wildman–Crippen MR) is 146 cm³/mol. The van der Waals surface area contributed by atoms with Crippen molar-refractivity contribution in [1.29, 1.82) is 0 Å². The van der Waals surface area contributed by atoms with Crippen LogP contribution < -0.4 is 10.6 Å². The Labute approximate surface area is 220 Å². The molecule has 6 rings (SSSR count). The van der Waals surface area contributed by atoms with Gasteiger partial charge in [0.25, 0.3) is 0 Å². The number of rotatable bonds is 4. The molecule has 0 saturated heterocycles. The molecule has 4 bridgehead atoms. The average Bonchev–Trinajstić information content (AvgIpc) is 2.78. The molecule has 4 nitrogen and oxygen atoms in total. The third kappa shape index (κ3) is 5.13. The van der Waals surface area contributed by atoms with Gasteiger partial charge in [-0.1, -0.05) is 41.5 Å². The SMILES string of the molecule is CC(C)(C)C1CCC(NC(=O)C23CC4CC(C2)CC(C(=O)NC2CCC(C(C)(C)C)CC2)(C4)C3)CC1. The molecule has 2 amide bonds. The normalized spacial score (nSPS) is 42.7. The molecule has 204 valence electrons. The topological polar surface area (TPSA) is 58.2 Å². The molecule has 6 aliphatic carbocycles. The van der Waals surface area contributed by atoms with Gasteiger partial charge in [0.2, 0.25) is 11.8 Å². The first-order valence-corrected chi connectivity index (χ1v) is 15.4. The van der Waals surface area contributed by atoms with Gasteiger partial charge in [-0.2, -0.15) is 0 Å². The second-order valence-corrected chi connectivity index (χ2v) is 16.3. The van der Waals surface area contributed by atoms with Crippen molar-refractivity contribution in [1.82, 2.24) is 10.6 Å². The Balaban J connectivity index is 1.21. The van der Waals surface area contributed by atoms with Crippen molar-refractivity contribution in [3.63, 3.8) is 0 Å². The summed E-state index contributed by atoms with van der Waals surface area (Å²) in [5.74, 6) is 3.20. The maximum Gasteiger partial charge on any atom is 0.226 e. The van der Waals surface area contributed by atoms with Crippen LogP contribution >= 0.6 is 0 Å². The summed E-state index contributed by atoms with van der Waals surface area (Å²) in [5, 5.41) is 7.07. The van der Waals surface area contributed by atoms with Crippen LogP contribution in [0.4, 0.5) is 0 Å². The standard InChI is InChI=1S/C32H54N2O2/c1-29(2,3)23-7-11-25(12-8-23)33-27(35)31-16-21-15-22(17-31)19-32(18-21,20-31)28(36)34-26-13-9-24(10-14-26)30(4,5)6/h21-26H,7-20H2,1-6H3,(H,33,35)(H,34,36). The van der Waals surface area contributed by atoms with Gasteiger partial charge in [0.15, 0.2) is 0 Å². The van der Waals surface area contributed by atoms with Gasteiger partial charge in [-0.15, -0.1) is 0 Å². The van der Waals surface area contributed by atoms with E-state index in [0.29, 0.717) is 46.6 Å². The van der Waals surface area contributed by atoms with E-state index in [1.165, 1.54) is 32.1 Å². The second kappa shape index (κ2) is 9.30. The maximum absolute atomic E-state index is 13.9. The molecule has 0 aliphatic heterocycles. The number of hydrogen-bond acceptors (Lipinski definition) is 2. The van der Waals surface area contributed by atoms with Crippen LogP contribution in [0.2, 0.25) is 0 Å². The molecule has 0 aromatic rings. The van der Waals surface area contributed by atoms with Crippen LogP contribution in [0.15, 0.2) is 0 Å². The van der Waals surface area contributed by atoms with Crippen LogP contribution in [-0.4, -0.2) is 23.9 Å². The van der Waals surface area contributed by atoms with Gasteiger partial charge >= 0.3 is 0 Å². The first-order valence-electron chi connectivity index (χ1n) is 15.4. The summed E-state index contributed by atoms with van der Waals surface area (Å²) < 4.78 is 0. The molecule has 36 heavy (non-hydrogen) atoms. The molecule has 0 spiro atoms. The molecule has 0 heterocycles. The fourth-order valence-corrected chi connectivity index (χ4v) is 9.68. The molecule has 6 saturated carbocycles. The molecule has 0 atom stereocenters. The zero-order chi connectivity index (χ0) is 25.9. The van der Waals surface area contributed by atoms with Crippen LogP contribution in [0, 0.1) is 45.3 Å². The van der Waals surface area contributed by atoms with E-state index in [0.717, 1.165) is 69.6 Å². The molecule has 6 aliphatic rings. The Hall–Kier alpha value is -1.06. The highest BCUT2D eigenvalue weighted by Gasteiger charge is 2.63. The van der Waals surface area contributed by atoms with Gasteiger partial charge in [-0.3, -0.25) is 9.59 Å². The van der Waals surface area contributed by atoms with Crippen LogP contribution in [0.3, 0.4) is 0 Å². The van der Waals surface area contributed by atoms with E-state index in [1.54, 1.807) is 0 Å². The molecule has 0 aromatic carbocycles. The first kappa shape index (κ1) is 26.5. The zero-order valence-electron chi connectivity index (χ0n) is 24.2. The quantitative estimate of drug-likeness (QED) is 0.438. The molecule has 0 unspecified atom stereocenters. The minimum absolute atomic E-state index is 0.290. The summed E-state index contributed by atoms with van der Waals surface area (Å²) >= 11 is 0. The van der Waals surface area contributed by atoms with Gasteiger partial charge < -0.3 is 10.6 Å². The highest BCUT2D eigenvalue weighted by atomic mass is 16.2. The van der Waals surface area contributed by atoms with Crippen molar-refractivity contribution in [2.75, 3.05) is 0 Å². The van der Waals surface area contributed by atoms with Crippen LogP contribution in [0.5, 0.6) is 0 Å². The second-order valence-electron chi connectivity index (χ2n) is 16.3. The molecular weight excluding hydrogens is 444 g/mol. The summed E-state index contributed by atoms with van der Waals surface area (Å²) in [6.45, 7) is 14.1. The van der Waals surface area contributed by atoms with Crippen molar-refractivity contribution in [3.05, 3.63) is 0 Å². The van der Waals surface area contributed by atoms with Crippen LogP contribution in [0.25, 0.3) is 0 Å². The van der Waals surface area contributed by atoms with Gasteiger partial charge in [0.05, 0.1) is 10.8 Å². The zero-order valence-corrected chi connectivity index (χ0v) is 24.2. The van der Waals surface area contributed by atoms with Crippen LogP contribution in [-0.2, 0) is 9.59 Å². The predicted octanol–water partition coefficient (Wildman–Crippen LogP) is 7.02. The average molecular weight is 499 g/mol. The largest absolute Gasteiger partial charge is 0.353 e. The van der Waals surface area contributed by atoms with E-state index >= 15 is 0 Å². The Kier molecular flexibility index (Phi) is 6.85. The van der Waals surface area contributed by atoms with E-state index in [9.17, 15) is 9.59 Å². The van der Waals surface area contributed by atoms with Gasteiger partial charge in [0, 0.05) is 12.1 Å². The lowest BCUT2D eigenvalue weighted by molar-refractivity contribution is -0.168. The molecule has 4 heteroatoms. The van der Waals surface area contributed by atoms with Gasteiger partial charge in [-0.05, 0) is 124 Å². The van der Waals surface area contributed by atoms with E-state index in [1.807, 2.05) is 0 Å². The van der Waals surface area contributed by atoms with E-state index in [-0.39, 0.29) is 10.8 Å². The fraction of sp³-hybridized carbons (Fsp3) is 0.938. The lowest BCUT2D eigenvalue weighted by Crippen LogP contribution is -2.62. The number of amides is 2. The lowest BCUT2D eigenvalue weighted by Gasteiger charge is -2.60. The van der Waals surface area contributed by atoms with Crippen molar-refractivity contribution in [2.45, 2.75) is 144 Å². The number of carbonyl (C=O) groups is 2. The molecule has 6 fully saturated rings. The van der Waals surface area contributed by atoms with Crippen molar-refractivity contribution in [3.8, 4) is 0 Å². The Bertz CT molecular complexity index is 753. The highest BCUT2D eigenvalue weighted by molar-refractivity contribution is 5.88. The minimum atomic E-state index is -0.299. The van der Waals surface area contributed by atoms with Gasteiger partial charge in [-0.25, -0.2) is 0 Å². The fourth-order valence-electron chi connectivity index (χ4n) is 9.68. The molecule has 0 aromatic heterocycles. The third-order valence-corrected chi connectivity index (χ3v) is 11.6. The summed E-state index contributed by atoms with van der Waals surface area (Å²) in [5.41, 5.74) is 0.125. The van der Waals surface area contributed by atoms with Crippen molar-refractivity contribution in [2.24, 2.45) is 45.3 Å². The molecule has 2 N–H and O–H groups in total. The van der Waals surface area contributed by atoms with Crippen molar-refractivity contribution >= 4 is 11.8 Å². The van der Waals surface area contributed by atoms with Crippen LogP contribution in [0.1, 0.15) is 131 Å². The summed E-state index contributed by atoms with van der Waals surface area (Å²) in [6, 6.07) is 0.652. The summed E-state index contributed by atoms with van der Waals surface area (Å²) in [6.07, 6.45) is 15.4. The number of carbonyl (C=O) groups excluding carboxylic acids is 2. The minimum Gasteiger partial charge on any atom is -0.353 e. The lowest BCUT2D eigenvalue weighted by atomic mass is 9.43. The third-order valence-electron chi connectivity index (χ3n) is 11.6. The summed E-state index contributed by atoms with van der Waals surface area (Å²) in [7, 11) is 0. The Morgan fingerprint density at radius 3 is 1.22 bits per heavy atom.